The minimum Gasteiger partial charge on any atom is -0.378 e. The van der Waals surface area contributed by atoms with Crippen LogP contribution in [0.25, 0.3) is 0 Å². The highest BCUT2D eigenvalue weighted by atomic mass is 32.2. The van der Waals surface area contributed by atoms with Crippen molar-refractivity contribution in [2.45, 2.75) is 12.8 Å². The monoisotopic (exact) mass is 367 g/mol. The molecule has 1 aromatic carbocycles. The first-order valence-corrected chi connectivity index (χ1v) is 10.5. The fourth-order valence-electron chi connectivity index (χ4n) is 3.28. The summed E-state index contributed by atoms with van der Waals surface area (Å²) in [5, 5.41) is 2.91. The minimum atomic E-state index is -3.25. The molecule has 1 unspecified atom stereocenters. The summed E-state index contributed by atoms with van der Waals surface area (Å²) in [6.45, 7) is 3.96. The summed E-state index contributed by atoms with van der Waals surface area (Å²) in [5.74, 6) is -0.421. The number of morpholine rings is 1. The number of benzene rings is 1. The molecule has 1 atom stereocenters. The Balaban J connectivity index is 1.59. The van der Waals surface area contributed by atoms with Gasteiger partial charge in [0.2, 0.25) is 15.9 Å². The second-order valence-corrected chi connectivity index (χ2v) is 8.58. The van der Waals surface area contributed by atoms with Crippen molar-refractivity contribution >= 4 is 27.3 Å². The van der Waals surface area contributed by atoms with E-state index in [1.54, 1.807) is 0 Å². The molecule has 138 valence electrons. The van der Waals surface area contributed by atoms with Crippen LogP contribution in [0.3, 0.4) is 0 Å². The lowest BCUT2D eigenvalue weighted by Gasteiger charge is -2.30. The molecule has 1 N–H and O–H groups in total. The third kappa shape index (κ3) is 4.71. The van der Waals surface area contributed by atoms with Crippen molar-refractivity contribution in [2.75, 3.05) is 55.9 Å². The molecule has 2 saturated heterocycles. The normalized spacial score (nSPS) is 22.6. The number of rotatable bonds is 4. The van der Waals surface area contributed by atoms with Crippen LogP contribution < -0.4 is 10.2 Å². The highest BCUT2D eigenvalue weighted by Crippen LogP contribution is 2.22. The van der Waals surface area contributed by atoms with Crippen molar-refractivity contribution in [3.05, 3.63) is 24.3 Å². The number of anilines is 2. The Labute approximate surface area is 149 Å². The van der Waals surface area contributed by atoms with Crippen LogP contribution in [0.5, 0.6) is 0 Å². The van der Waals surface area contributed by atoms with Crippen LogP contribution in [0.1, 0.15) is 12.8 Å². The van der Waals surface area contributed by atoms with E-state index in [1.807, 2.05) is 24.3 Å². The Bertz CT molecular complexity index is 699. The summed E-state index contributed by atoms with van der Waals surface area (Å²) in [5.41, 5.74) is 1.85. The summed E-state index contributed by atoms with van der Waals surface area (Å²) >= 11 is 0. The molecule has 2 aliphatic heterocycles. The molecule has 0 radical (unpaired) electrons. The second kappa shape index (κ2) is 7.72. The molecule has 2 fully saturated rings. The molecule has 0 aliphatic carbocycles. The summed E-state index contributed by atoms with van der Waals surface area (Å²) in [7, 11) is -3.25. The van der Waals surface area contributed by atoms with Crippen molar-refractivity contribution < 1.29 is 17.9 Å². The molecule has 2 heterocycles. The zero-order valence-electron chi connectivity index (χ0n) is 14.5. The van der Waals surface area contributed by atoms with Crippen molar-refractivity contribution in [1.29, 1.82) is 0 Å². The minimum absolute atomic E-state index is 0.118. The van der Waals surface area contributed by atoms with Crippen LogP contribution in [-0.2, 0) is 19.6 Å². The standard InChI is InChI=1S/C17H25N3O4S/c1-25(22,23)20-8-2-3-14(13-20)17(21)18-15-4-6-16(7-5-15)19-9-11-24-12-10-19/h4-7,14H,2-3,8-13H2,1H3,(H,18,21). The maximum Gasteiger partial charge on any atom is 0.228 e. The van der Waals surface area contributed by atoms with Crippen LogP contribution in [0, 0.1) is 5.92 Å². The second-order valence-electron chi connectivity index (χ2n) is 6.60. The molecule has 8 heteroatoms. The zero-order valence-corrected chi connectivity index (χ0v) is 15.3. The number of amides is 1. The van der Waals surface area contributed by atoms with E-state index in [-0.39, 0.29) is 18.4 Å². The van der Waals surface area contributed by atoms with Crippen LogP contribution in [-0.4, -0.2) is 64.3 Å². The molecule has 2 aliphatic rings. The molecular formula is C17H25N3O4S. The number of sulfonamides is 1. The molecule has 3 rings (SSSR count). The van der Waals surface area contributed by atoms with Crippen molar-refractivity contribution in [3.63, 3.8) is 0 Å². The Morgan fingerprint density at radius 1 is 1.16 bits per heavy atom. The number of carbonyl (C=O) groups excluding carboxylic acids is 1. The fraction of sp³-hybridized carbons (Fsp3) is 0.588. The Kier molecular flexibility index (Phi) is 5.61. The summed E-state index contributed by atoms with van der Waals surface area (Å²) in [4.78, 5) is 14.7. The summed E-state index contributed by atoms with van der Waals surface area (Å²) in [6.07, 6.45) is 2.61. The van der Waals surface area contributed by atoms with E-state index in [0.717, 1.165) is 37.7 Å². The molecule has 0 aromatic heterocycles. The van der Waals surface area contributed by atoms with E-state index < -0.39 is 10.0 Å². The Morgan fingerprint density at radius 2 is 1.84 bits per heavy atom. The molecule has 1 amide bonds. The summed E-state index contributed by atoms with van der Waals surface area (Å²) < 4.78 is 30.1. The summed E-state index contributed by atoms with van der Waals surface area (Å²) in [6, 6.07) is 7.76. The fourth-order valence-corrected chi connectivity index (χ4v) is 4.19. The van der Waals surface area contributed by atoms with Crippen LogP contribution in [0.2, 0.25) is 0 Å². The van der Waals surface area contributed by atoms with Crippen molar-refractivity contribution in [1.82, 2.24) is 4.31 Å². The number of hydrogen-bond donors (Lipinski definition) is 1. The van der Waals surface area contributed by atoms with E-state index in [0.29, 0.717) is 19.4 Å². The van der Waals surface area contributed by atoms with Gasteiger partial charge in [-0.1, -0.05) is 0 Å². The van der Waals surface area contributed by atoms with Crippen molar-refractivity contribution in [3.8, 4) is 0 Å². The van der Waals surface area contributed by atoms with E-state index in [9.17, 15) is 13.2 Å². The molecule has 7 nitrogen and oxygen atoms in total. The van der Waals surface area contributed by atoms with Gasteiger partial charge >= 0.3 is 0 Å². The number of ether oxygens (including phenoxy) is 1. The van der Waals surface area contributed by atoms with Gasteiger partial charge in [0.15, 0.2) is 0 Å². The Hall–Kier alpha value is -1.64. The predicted octanol–water partition coefficient (Wildman–Crippen LogP) is 1.13. The maximum atomic E-state index is 12.5. The van der Waals surface area contributed by atoms with Gasteiger partial charge in [0, 0.05) is 37.6 Å². The first-order chi connectivity index (χ1) is 11.9. The molecule has 1 aromatic rings. The van der Waals surface area contributed by atoms with Gasteiger partial charge in [-0.15, -0.1) is 0 Å². The van der Waals surface area contributed by atoms with Crippen molar-refractivity contribution in [2.24, 2.45) is 5.92 Å². The molecule has 0 bridgehead atoms. The maximum absolute atomic E-state index is 12.5. The lowest BCUT2D eigenvalue weighted by Crippen LogP contribution is -2.43. The highest BCUT2D eigenvalue weighted by Gasteiger charge is 2.30. The highest BCUT2D eigenvalue weighted by molar-refractivity contribution is 7.88. The van der Waals surface area contributed by atoms with Crippen LogP contribution >= 0.6 is 0 Å². The third-order valence-corrected chi connectivity index (χ3v) is 6.00. The van der Waals surface area contributed by atoms with E-state index >= 15 is 0 Å². The van der Waals surface area contributed by atoms with Gasteiger partial charge in [0.1, 0.15) is 0 Å². The van der Waals surface area contributed by atoms with Gasteiger partial charge in [-0.25, -0.2) is 12.7 Å². The third-order valence-electron chi connectivity index (χ3n) is 4.74. The molecule has 25 heavy (non-hydrogen) atoms. The predicted molar refractivity (Wildman–Crippen MR) is 97.2 cm³/mol. The zero-order chi connectivity index (χ0) is 17.9. The number of piperidine rings is 1. The Morgan fingerprint density at radius 3 is 2.48 bits per heavy atom. The van der Waals surface area contributed by atoms with Gasteiger partial charge in [-0.2, -0.15) is 0 Å². The van der Waals surface area contributed by atoms with E-state index in [4.69, 9.17) is 4.74 Å². The first kappa shape index (κ1) is 18.2. The number of carbonyl (C=O) groups is 1. The molecule has 0 saturated carbocycles. The lowest BCUT2D eigenvalue weighted by atomic mass is 9.98. The van der Waals surface area contributed by atoms with E-state index in [1.165, 1.54) is 10.6 Å². The first-order valence-electron chi connectivity index (χ1n) is 8.62. The average molecular weight is 367 g/mol. The smallest absolute Gasteiger partial charge is 0.228 e. The van der Waals surface area contributed by atoms with Gasteiger partial charge in [-0.3, -0.25) is 4.79 Å². The number of nitrogens with one attached hydrogen (secondary N) is 1. The number of nitrogens with zero attached hydrogens (tertiary/aromatic N) is 2. The van der Waals surface area contributed by atoms with Gasteiger partial charge in [-0.05, 0) is 37.1 Å². The quantitative estimate of drug-likeness (QED) is 0.863. The van der Waals surface area contributed by atoms with Crippen LogP contribution in [0.4, 0.5) is 11.4 Å². The molecule has 0 spiro atoms. The largest absolute Gasteiger partial charge is 0.378 e. The average Bonchev–Trinajstić information content (AvgIpc) is 2.62. The van der Waals surface area contributed by atoms with Gasteiger partial charge < -0.3 is 15.0 Å². The number of hydrogen-bond acceptors (Lipinski definition) is 5. The lowest BCUT2D eigenvalue weighted by molar-refractivity contribution is -0.120. The van der Waals surface area contributed by atoms with Gasteiger partial charge in [0.25, 0.3) is 0 Å². The topological polar surface area (TPSA) is 79.0 Å². The van der Waals surface area contributed by atoms with Gasteiger partial charge in [0.05, 0.1) is 25.4 Å². The SMILES string of the molecule is CS(=O)(=O)N1CCCC(C(=O)Nc2ccc(N3CCOCC3)cc2)C1. The molecular weight excluding hydrogens is 342 g/mol. The van der Waals surface area contributed by atoms with Crippen LogP contribution in [0.15, 0.2) is 24.3 Å². The van der Waals surface area contributed by atoms with E-state index in [2.05, 4.69) is 10.2 Å².